The molecule has 0 unspecified atom stereocenters. The molecule has 1 saturated heterocycles. The predicted octanol–water partition coefficient (Wildman–Crippen LogP) is 2.97. The Morgan fingerprint density at radius 2 is 2.00 bits per heavy atom. The van der Waals surface area contributed by atoms with Crippen LogP contribution in [0, 0.1) is 0 Å². The fraction of sp³-hybridized carbons (Fsp3) is 0.545. The van der Waals surface area contributed by atoms with Gasteiger partial charge in [-0.05, 0) is 11.6 Å². The normalized spacial score (nSPS) is 20.9. The molecule has 0 bridgehead atoms. The van der Waals surface area contributed by atoms with Crippen LogP contribution in [0.25, 0.3) is 0 Å². The van der Waals surface area contributed by atoms with Crippen molar-refractivity contribution >= 4 is 11.6 Å². The van der Waals surface area contributed by atoms with Gasteiger partial charge in [0, 0.05) is 38.7 Å². The summed E-state index contributed by atoms with van der Waals surface area (Å²) in [4.78, 5) is 5.98. The minimum Gasteiger partial charge on any atom is -0.299 e. The summed E-state index contributed by atoms with van der Waals surface area (Å²) < 4.78 is 25.8. The first kappa shape index (κ1) is 11.7. The largest absolute Gasteiger partial charge is 0.299 e. The molecule has 1 fully saturated rings. The topological polar surface area (TPSA) is 16.1 Å². The van der Waals surface area contributed by atoms with E-state index in [9.17, 15) is 8.78 Å². The number of halogens is 3. The van der Waals surface area contributed by atoms with Gasteiger partial charge in [-0.3, -0.25) is 4.90 Å². The van der Waals surface area contributed by atoms with Crippen LogP contribution in [0.2, 0.25) is 5.15 Å². The highest BCUT2D eigenvalue weighted by Crippen LogP contribution is 2.28. The summed E-state index contributed by atoms with van der Waals surface area (Å²) in [5, 5.41) is 0.453. The highest BCUT2D eigenvalue weighted by atomic mass is 35.5. The van der Waals surface area contributed by atoms with Crippen LogP contribution in [0.5, 0.6) is 0 Å². The molecular weight excluding hydrogens is 234 g/mol. The van der Waals surface area contributed by atoms with Crippen LogP contribution in [0.1, 0.15) is 18.4 Å². The smallest absolute Gasteiger partial charge is 0.250 e. The van der Waals surface area contributed by atoms with Gasteiger partial charge in [-0.15, -0.1) is 0 Å². The fourth-order valence-electron chi connectivity index (χ4n) is 1.80. The van der Waals surface area contributed by atoms with Gasteiger partial charge < -0.3 is 0 Å². The highest BCUT2D eigenvalue weighted by Gasteiger charge is 2.33. The molecule has 0 saturated carbocycles. The summed E-state index contributed by atoms with van der Waals surface area (Å²) in [5.74, 6) is -2.48. The Labute approximate surface area is 98.2 Å². The minimum absolute atomic E-state index is 0.0476. The number of alkyl halides is 2. The zero-order valence-corrected chi connectivity index (χ0v) is 9.55. The highest BCUT2D eigenvalue weighted by molar-refractivity contribution is 6.29. The molecule has 0 radical (unpaired) electrons. The predicted molar refractivity (Wildman–Crippen MR) is 58.7 cm³/mol. The molecule has 0 aromatic carbocycles. The molecule has 0 atom stereocenters. The Balaban J connectivity index is 1.89. The van der Waals surface area contributed by atoms with Crippen molar-refractivity contribution in [2.75, 3.05) is 13.1 Å². The van der Waals surface area contributed by atoms with Crippen LogP contribution in [0.4, 0.5) is 8.78 Å². The van der Waals surface area contributed by atoms with Gasteiger partial charge in [-0.2, -0.15) is 0 Å². The Morgan fingerprint density at radius 3 is 2.56 bits per heavy atom. The van der Waals surface area contributed by atoms with Crippen molar-refractivity contribution in [1.82, 2.24) is 9.88 Å². The molecule has 2 rings (SSSR count). The summed E-state index contributed by atoms with van der Waals surface area (Å²) in [6, 6.07) is 3.59. The number of aromatic nitrogens is 1. The van der Waals surface area contributed by atoms with E-state index in [1.165, 1.54) is 0 Å². The Hall–Kier alpha value is -0.740. The number of hydrogen-bond acceptors (Lipinski definition) is 2. The summed E-state index contributed by atoms with van der Waals surface area (Å²) in [7, 11) is 0. The molecule has 2 nitrogen and oxygen atoms in total. The molecule has 88 valence electrons. The molecule has 0 amide bonds. The van der Waals surface area contributed by atoms with Gasteiger partial charge in [0.2, 0.25) is 0 Å². The Morgan fingerprint density at radius 1 is 1.31 bits per heavy atom. The maximum atomic E-state index is 12.9. The lowest BCUT2D eigenvalue weighted by molar-refractivity contribution is -0.0566. The fourth-order valence-corrected chi connectivity index (χ4v) is 1.91. The first-order valence-electron chi connectivity index (χ1n) is 5.26. The molecular formula is C11H13ClF2N2. The third-order valence-corrected chi connectivity index (χ3v) is 3.01. The van der Waals surface area contributed by atoms with Crippen molar-refractivity contribution in [3.63, 3.8) is 0 Å². The molecule has 0 N–H and O–H groups in total. The van der Waals surface area contributed by atoms with Gasteiger partial charge in [0.1, 0.15) is 5.15 Å². The molecule has 5 heteroatoms. The quantitative estimate of drug-likeness (QED) is 0.746. The van der Waals surface area contributed by atoms with Crippen molar-refractivity contribution in [3.05, 3.63) is 29.0 Å². The first-order chi connectivity index (χ1) is 7.55. The molecule has 0 aliphatic carbocycles. The molecule has 2 heterocycles. The second-order valence-electron chi connectivity index (χ2n) is 4.12. The van der Waals surface area contributed by atoms with E-state index >= 15 is 0 Å². The monoisotopic (exact) mass is 246 g/mol. The van der Waals surface area contributed by atoms with E-state index in [0.29, 0.717) is 24.8 Å². The van der Waals surface area contributed by atoms with Gasteiger partial charge >= 0.3 is 0 Å². The number of likely N-dealkylation sites (tertiary alicyclic amines) is 1. The van der Waals surface area contributed by atoms with Crippen LogP contribution in [0.15, 0.2) is 18.3 Å². The van der Waals surface area contributed by atoms with Gasteiger partial charge in [0.05, 0.1) is 0 Å². The van der Waals surface area contributed by atoms with E-state index in [0.717, 1.165) is 5.56 Å². The standard InChI is InChI=1S/C11H13ClF2N2/c12-10-2-1-9(7-15-10)8-16-5-3-11(13,14)4-6-16/h1-2,7H,3-6,8H2. The van der Waals surface area contributed by atoms with E-state index < -0.39 is 5.92 Å². The van der Waals surface area contributed by atoms with Crippen LogP contribution < -0.4 is 0 Å². The molecule has 1 aliphatic rings. The Bertz CT molecular complexity index is 344. The van der Waals surface area contributed by atoms with E-state index in [1.807, 2.05) is 11.0 Å². The van der Waals surface area contributed by atoms with E-state index in [1.54, 1.807) is 12.3 Å². The van der Waals surface area contributed by atoms with Gasteiger partial charge in [0.25, 0.3) is 5.92 Å². The summed E-state index contributed by atoms with van der Waals surface area (Å²) in [6.07, 6.45) is 1.59. The summed E-state index contributed by atoms with van der Waals surface area (Å²) in [6.45, 7) is 1.55. The molecule has 16 heavy (non-hydrogen) atoms. The van der Waals surface area contributed by atoms with Gasteiger partial charge in [0.15, 0.2) is 0 Å². The number of piperidine rings is 1. The lowest BCUT2D eigenvalue weighted by atomic mass is 10.1. The SMILES string of the molecule is FC1(F)CCN(Cc2ccc(Cl)nc2)CC1. The zero-order valence-electron chi connectivity index (χ0n) is 8.80. The Kier molecular flexibility index (Phi) is 3.40. The summed E-state index contributed by atoms with van der Waals surface area (Å²) >= 11 is 5.67. The summed E-state index contributed by atoms with van der Waals surface area (Å²) in [5.41, 5.74) is 1.01. The van der Waals surface area contributed by atoms with E-state index in [2.05, 4.69) is 4.98 Å². The molecule has 1 aliphatic heterocycles. The number of pyridine rings is 1. The molecule has 1 aromatic heterocycles. The van der Waals surface area contributed by atoms with Crippen LogP contribution in [-0.4, -0.2) is 28.9 Å². The third kappa shape index (κ3) is 3.12. The van der Waals surface area contributed by atoms with Gasteiger partial charge in [-0.1, -0.05) is 17.7 Å². The lowest BCUT2D eigenvalue weighted by Gasteiger charge is -2.31. The van der Waals surface area contributed by atoms with Crippen LogP contribution in [0.3, 0.4) is 0 Å². The van der Waals surface area contributed by atoms with Crippen molar-refractivity contribution in [2.24, 2.45) is 0 Å². The molecule has 1 aromatic rings. The van der Waals surface area contributed by atoms with Crippen molar-refractivity contribution in [3.8, 4) is 0 Å². The minimum atomic E-state index is -2.48. The van der Waals surface area contributed by atoms with Crippen LogP contribution in [-0.2, 0) is 6.54 Å². The van der Waals surface area contributed by atoms with Crippen LogP contribution >= 0.6 is 11.6 Å². The maximum absolute atomic E-state index is 12.9. The average Bonchev–Trinajstić information content (AvgIpc) is 2.24. The van der Waals surface area contributed by atoms with Crippen molar-refractivity contribution < 1.29 is 8.78 Å². The second-order valence-corrected chi connectivity index (χ2v) is 4.51. The number of rotatable bonds is 2. The van der Waals surface area contributed by atoms with E-state index in [4.69, 9.17) is 11.6 Å². The number of nitrogens with zero attached hydrogens (tertiary/aromatic N) is 2. The second kappa shape index (κ2) is 4.63. The molecule has 0 spiro atoms. The van der Waals surface area contributed by atoms with Gasteiger partial charge in [-0.25, -0.2) is 13.8 Å². The van der Waals surface area contributed by atoms with E-state index in [-0.39, 0.29) is 12.8 Å². The third-order valence-electron chi connectivity index (χ3n) is 2.78. The maximum Gasteiger partial charge on any atom is 0.250 e. The lowest BCUT2D eigenvalue weighted by Crippen LogP contribution is -2.38. The van der Waals surface area contributed by atoms with Crippen molar-refractivity contribution in [1.29, 1.82) is 0 Å². The first-order valence-corrected chi connectivity index (χ1v) is 5.64. The van der Waals surface area contributed by atoms with Crippen molar-refractivity contribution in [2.45, 2.75) is 25.3 Å². The average molecular weight is 247 g/mol. The zero-order chi connectivity index (χ0) is 11.6. The number of hydrogen-bond donors (Lipinski definition) is 0.